The van der Waals surface area contributed by atoms with E-state index in [0.29, 0.717) is 11.5 Å². The second-order valence-electron chi connectivity index (χ2n) is 3.65. The fraction of sp³-hybridized carbons (Fsp3) is 0.800. The van der Waals surface area contributed by atoms with Crippen molar-refractivity contribution in [3.8, 4) is 0 Å². The van der Waals surface area contributed by atoms with Crippen LogP contribution in [-0.4, -0.2) is 79.6 Å². The molecule has 1 rings (SSSR count). The molecule has 1 aliphatic rings. The van der Waals surface area contributed by atoms with Gasteiger partial charge in [0.1, 0.15) is 8.64 Å². The molecule has 0 aromatic rings. The predicted molar refractivity (Wildman–Crippen MR) is 87.4 cm³/mol. The van der Waals surface area contributed by atoms with Crippen LogP contribution in [-0.2, 0) is 0 Å². The Bertz CT molecular complexity index is 255. The SMILES string of the molecule is OCCSC(=S)N1CCN(C(=S)SCCO)CC1. The zero-order chi connectivity index (χ0) is 13.4. The molecule has 1 fully saturated rings. The number of rotatable bonds is 4. The van der Waals surface area contributed by atoms with E-state index in [1.165, 1.54) is 23.5 Å². The summed E-state index contributed by atoms with van der Waals surface area (Å²) in [6.07, 6.45) is 0. The minimum absolute atomic E-state index is 0.159. The summed E-state index contributed by atoms with van der Waals surface area (Å²) in [7, 11) is 0. The number of thiocarbonyl (C=S) groups is 2. The quantitative estimate of drug-likeness (QED) is 0.730. The van der Waals surface area contributed by atoms with Crippen molar-refractivity contribution in [2.75, 3.05) is 50.9 Å². The Kier molecular flexibility index (Phi) is 8.53. The molecule has 0 aromatic heterocycles. The molecule has 0 atom stereocenters. The van der Waals surface area contributed by atoms with Gasteiger partial charge in [0.25, 0.3) is 0 Å². The fourth-order valence-corrected chi connectivity index (χ4v) is 3.65. The first-order valence-electron chi connectivity index (χ1n) is 5.74. The Morgan fingerprint density at radius 2 is 1.17 bits per heavy atom. The van der Waals surface area contributed by atoms with E-state index in [4.69, 9.17) is 34.6 Å². The molecule has 18 heavy (non-hydrogen) atoms. The number of nitrogens with zero attached hydrogens (tertiary/aromatic N) is 2. The average Bonchev–Trinajstić information content (AvgIpc) is 2.42. The predicted octanol–water partition coefficient (Wildman–Crippen LogP) is 0.625. The van der Waals surface area contributed by atoms with E-state index >= 15 is 0 Å². The third-order valence-corrected chi connectivity index (χ3v) is 5.44. The van der Waals surface area contributed by atoms with Gasteiger partial charge in [-0.1, -0.05) is 48.0 Å². The van der Waals surface area contributed by atoms with Gasteiger partial charge < -0.3 is 20.0 Å². The molecule has 0 aliphatic carbocycles. The van der Waals surface area contributed by atoms with E-state index in [2.05, 4.69) is 9.80 Å². The number of piperazine rings is 1. The maximum absolute atomic E-state index is 8.76. The van der Waals surface area contributed by atoms with Gasteiger partial charge in [-0.25, -0.2) is 0 Å². The van der Waals surface area contributed by atoms with E-state index in [0.717, 1.165) is 34.8 Å². The van der Waals surface area contributed by atoms with Crippen molar-refractivity contribution in [2.24, 2.45) is 0 Å². The minimum Gasteiger partial charge on any atom is -0.396 e. The molecule has 104 valence electrons. The number of aliphatic hydroxyl groups excluding tert-OH is 2. The molecule has 1 aliphatic heterocycles. The van der Waals surface area contributed by atoms with Crippen LogP contribution in [0, 0.1) is 0 Å². The molecule has 0 saturated carbocycles. The molecule has 1 heterocycles. The largest absolute Gasteiger partial charge is 0.396 e. The van der Waals surface area contributed by atoms with Crippen molar-refractivity contribution >= 4 is 56.6 Å². The van der Waals surface area contributed by atoms with Crippen LogP contribution in [0.4, 0.5) is 0 Å². The lowest BCUT2D eigenvalue weighted by atomic mass is 10.4. The Hall–Kier alpha value is 0.400. The summed E-state index contributed by atoms with van der Waals surface area (Å²) in [5, 5.41) is 17.5. The highest BCUT2D eigenvalue weighted by Crippen LogP contribution is 2.15. The van der Waals surface area contributed by atoms with Crippen LogP contribution in [0.25, 0.3) is 0 Å². The van der Waals surface area contributed by atoms with Crippen molar-refractivity contribution in [3.05, 3.63) is 0 Å². The highest BCUT2D eigenvalue weighted by Gasteiger charge is 2.20. The van der Waals surface area contributed by atoms with Crippen LogP contribution >= 0.6 is 48.0 Å². The van der Waals surface area contributed by atoms with Crippen LogP contribution in [0.1, 0.15) is 0 Å². The summed E-state index contributed by atoms with van der Waals surface area (Å²) in [4.78, 5) is 4.32. The Labute approximate surface area is 127 Å². The smallest absolute Gasteiger partial charge is 0.136 e. The monoisotopic (exact) mass is 326 g/mol. The Morgan fingerprint density at radius 3 is 1.44 bits per heavy atom. The van der Waals surface area contributed by atoms with Crippen molar-refractivity contribution in [1.82, 2.24) is 9.80 Å². The van der Waals surface area contributed by atoms with Crippen LogP contribution in [0.2, 0.25) is 0 Å². The second kappa shape index (κ2) is 9.33. The van der Waals surface area contributed by atoms with Gasteiger partial charge in [0.05, 0.1) is 13.2 Å². The summed E-state index contributed by atoms with van der Waals surface area (Å²) in [5.41, 5.74) is 0. The summed E-state index contributed by atoms with van der Waals surface area (Å²) in [6, 6.07) is 0. The summed E-state index contributed by atoms with van der Waals surface area (Å²) in [6.45, 7) is 3.81. The lowest BCUT2D eigenvalue weighted by Crippen LogP contribution is -2.48. The summed E-state index contributed by atoms with van der Waals surface area (Å²) < 4.78 is 1.72. The van der Waals surface area contributed by atoms with Gasteiger partial charge in [-0.3, -0.25) is 0 Å². The molecule has 0 aromatic carbocycles. The maximum atomic E-state index is 8.76. The molecular weight excluding hydrogens is 308 g/mol. The van der Waals surface area contributed by atoms with E-state index < -0.39 is 0 Å². The third kappa shape index (κ3) is 5.58. The molecule has 0 bridgehead atoms. The van der Waals surface area contributed by atoms with Gasteiger partial charge in [0.2, 0.25) is 0 Å². The molecule has 0 spiro atoms. The Morgan fingerprint density at radius 1 is 0.833 bits per heavy atom. The Balaban J connectivity index is 2.27. The van der Waals surface area contributed by atoms with Gasteiger partial charge >= 0.3 is 0 Å². The van der Waals surface area contributed by atoms with Gasteiger partial charge in [0.15, 0.2) is 0 Å². The number of hydrogen-bond acceptors (Lipinski definition) is 6. The average molecular weight is 327 g/mol. The molecular formula is C10H18N2O2S4. The van der Waals surface area contributed by atoms with Crippen molar-refractivity contribution < 1.29 is 10.2 Å². The summed E-state index contributed by atoms with van der Waals surface area (Å²) in [5.74, 6) is 1.31. The van der Waals surface area contributed by atoms with Crippen LogP contribution < -0.4 is 0 Å². The highest BCUT2D eigenvalue weighted by molar-refractivity contribution is 8.23. The van der Waals surface area contributed by atoms with E-state index in [-0.39, 0.29) is 13.2 Å². The standard InChI is InChI=1S/C10H18N2O2S4/c13-5-7-17-9(15)11-1-2-12(4-3-11)10(16)18-8-6-14/h13-14H,1-8H2. The molecule has 8 heteroatoms. The second-order valence-corrected chi connectivity index (χ2v) is 7.11. The molecule has 0 radical (unpaired) electrons. The normalized spacial score (nSPS) is 15.9. The number of aliphatic hydroxyl groups is 2. The van der Waals surface area contributed by atoms with E-state index in [1.54, 1.807) is 0 Å². The lowest BCUT2D eigenvalue weighted by Gasteiger charge is -2.36. The number of hydrogen-bond donors (Lipinski definition) is 2. The first-order chi connectivity index (χ1) is 8.69. The molecule has 4 nitrogen and oxygen atoms in total. The molecule has 2 N–H and O–H groups in total. The van der Waals surface area contributed by atoms with Crippen molar-refractivity contribution in [3.63, 3.8) is 0 Å². The topological polar surface area (TPSA) is 46.9 Å². The summed E-state index contributed by atoms with van der Waals surface area (Å²) >= 11 is 13.7. The maximum Gasteiger partial charge on any atom is 0.136 e. The van der Waals surface area contributed by atoms with Gasteiger partial charge in [-0.2, -0.15) is 0 Å². The van der Waals surface area contributed by atoms with Gasteiger partial charge in [0, 0.05) is 37.7 Å². The van der Waals surface area contributed by atoms with Gasteiger partial charge in [-0.15, -0.1) is 0 Å². The number of thioether (sulfide) groups is 2. The zero-order valence-corrected chi connectivity index (χ0v) is 13.3. The van der Waals surface area contributed by atoms with Crippen LogP contribution in [0.5, 0.6) is 0 Å². The first-order valence-corrected chi connectivity index (χ1v) is 8.53. The van der Waals surface area contributed by atoms with Crippen molar-refractivity contribution in [2.45, 2.75) is 0 Å². The zero-order valence-electron chi connectivity index (χ0n) is 10.1. The molecule has 0 unspecified atom stereocenters. The van der Waals surface area contributed by atoms with Crippen LogP contribution in [0.3, 0.4) is 0 Å². The lowest BCUT2D eigenvalue weighted by molar-refractivity contribution is 0.270. The first kappa shape index (κ1) is 16.5. The molecule has 1 saturated heterocycles. The van der Waals surface area contributed by atoms with Gasteiger partial charge in [-0.05, 0) is 0 Å². The highest BCUT2D eigenvalue weighted by atomic mass is 32.2. The third-order valence-electron chi connectivity index (χ3n) is 2.43. The van der Waals surface area contributed by atoms with Crippen LogP contribution in [0.15, 0.2) is 0 Å². The fourth-order valence-electron chi connectivity index (χ4n) is 1.52. The van der Waals surface area contributed by atoms with E-state index in [1.807, 2.05) is 0 Å². The minimum atomic E-state index is 0.159. The van der Waals surface area contributed by atoms with E-state index in [9.17, 15) is 0 Å². The molecule has 0 amide bonds. The van der Waals surface area contributed by atoms with Crippen molar-refractivity contribution in [1.29, 1.82) is 0 Å².